The maximum atomic E-state index is 12.4. The second kappa shape index (κ2) is 7.58. The van der Waals surface area contributed by atoms with Gasteiger partial charge in [0.05, 0.1) is 5.75 Å². The number of aromatic hydroxyl groups is 1. The Kier molecular flexibility index (Phi) is 5.77. The molecule has 0 saturated heterocycles. The Morgan fingerprint density at radius 3 is 2.65 bits per heavy atom. The Labute approximate surface area is 125 Å². The van der Waals surface area contributed by atoms with Gasteiger partial charge in [-0.15, -0.1) is 11.8 Å². The normalized spacial score (nSPS) is 16.1. The molecule has 0 unspecified atom stereocenters. The van der Waals surface area contributed by atoms with Crippen molar-refractivity contribution >= 4 is 17.7 Å². The number of carbonyl (C=O) groups is 1. The number of phenols is 1. The molecule has 1 aliphatic carbocycles. The average Bonchev–Trinajstić information content (AvgIpc) is 2.48. The predicted molar refractivity (Wildman–Crippen MR) is 83.1 cm³/mol. The number of benzene rings is 1. The van der Waals surface area contributed by atoms with Crippen LogP contribution in [0.4, 0.5) is 0 Å². The molecule has 110 valence electrons. The molecule has 1 N–H and O–H groups in total. The van der Waals surface area contributed by atoms with Crippen molar-refractivity contribution in [1.29, 1.82) is 0 Å². The fraction of sp³-hybridized carbons (Fsp3) is 0.562. The Morgan fingerprint density at radius 1 is 1.30 bits per heavy atom. The minimum Gasteiger partial charge on any atom is -0.507 e. The van der Waals surface area contributed by atoms with Gasteiger partial charge in [-0.3, -0.25) is 4.79 Å². The van der Waals surface area contributed by atoms with E-state index < -0.39 is 0 Å². The predicted octanol–water partition coefficient (Wildman–Crippen LogP) is 3.67. The lowest BCUT2D eigenvalue weighted by atomic mass is 9.94. The fourth-order valence-electron chi connectivity index (χ4n) is 2.83. The quantitative estimate of drug-likeness (QED) is 0.842. The van der Waals surface area contributed by atoms with Gasteiger partial charge in [-0.2, -0.15) is 0 Å². The summed E-state index contributed by atoms with van der Waals surface area (Å²) in [5, 5.41) is 9.72. The summed E-state index contributed by atoms with van der Waals surface area (Å²) in [6, 6.07) is 7.61. The zero-order chi connectivity index (χ0) is 14.4. The zero-order valence-electron chi connectivity index (χ0n) is 12.0. The Morgan fingerprint density at radius 2 is 2.00 bits per heavy atom. The number of phenolic OH excluding ortho intramolecular Hbond substituents is 1. The summed E-state index contributed by atoms with van der Waals surface area (Å²) in [7, 11) is 0. The van der Waals surface area contributed by atoms with E-state index in [2.05, 4.69) is 6.92 Å². The summed E-state index contributed by atoms with van der Waals surface area (Å²) in [4.78, 5) is 15.2. The van der Waals surface area contributed by atoms with Crippen molar-refractivity contribution in [2.45, 2.75) is 50.0 Å². The molecule has 1 fully saturated rings. The van der Waals surface area contributed by atoms with E-state index in [0.717, 1.165) is 24.3 Å². The van der Waals surface area contributed by atoms with Crippen LogP contribution in [0.2, 0.25) is 0 Å². The lowest BCUT2D eigenvalue weighted by molar-refractivity contribution is -0.131. The van der Waals surface area contributed by atoms with Gasteiger partial charge in [0.1, 0.15) is 5.75 Å². The molecule has 4 heteroatoms. The molecule has 3 nitrogen and oxygen atoms in total. The standard InChI is InChI=1S/C16H23NO2S/c1-2-17(13-8-4-3-5-9-13)16(19)12-20-15-11-7-6-10-14(15)18/h6-7,10-11,13,18H,2-5,8-9,12H2,1H3. The second-order valence-electron chi connectivity index (χ2n) is 5.23. The number of rotatable bonds is 5. The van der Waals surface area contributed by atoms with E-state index in [9.17, 15) is 9.90 Å². The summed E-state index contributed by atoms with van der Waals surface area (Å²) in [5.41, 5.74) is 0. The highest BCUT2D eigenvalue weighted by molar-refractivity contribution is 8.00. The largest absolute Gasteiger partial charge is 0.507 e. The van der Waals surface area contributed by atoms with E-state index in [1.165, 1.54) is 31.0 Å². The van der Waals surface area contributed by atoms with Gasteiger partial charge < -0.3 is 10.0 Å². The SMILES string of the molecule is CCN(C(=O)CSc1ccccc1O)C1CCCCC1. The first kappa shape index (κ1) is 15.2. The first-order valence-corrected chi connectivity index (χ1v) is 8.41. The summed E-state index contributed by atoms with van der Waals surface area (Å²) in [6.07, 6.45) is 6.05. The second-order valence-corrected chi connectivity index (χ2v) is 6.25. The number of amides is 1. The van der Waals surface area contributed by atoms with Crippen molar-refractivity contribution in [3.8, 4) is 5.75 Å². The zero-order valence-corrected chi connectivity index (χ0v) is 12.9. The van der Waals surface area contributed by atoms with Crippen molar-refractivity contribution in [2.75, 3.05) is 12.3 Å². The number of hydrogen-bond donors (Lipinski definition) is 1. The Bertz CT molecular complexity index is 444. The van der Waals surface area contributed by atoms with Crippen LogP contribution in [0.5, 0.6) is 5.75 Å². The smallest absolute Gasteiger partial charge is 0.233 e. The van der Waals surface area contributed by atoms with Crippen LogP contribution in [0.3, 0.4) is 0 Å². The summed E-state index contributed by atoms with van der Waals surface area (Å²) in [5.74, 6) is 0.848. The van der Waals surface area contributed by atoms with Gasteiger partial charge in [-0.1, -0.05) is 31.4 Å². The maximum absolute atomic E-state index is 12.4. The molecule has 1 amide bonds. The van der Waals surface area contributed by atoms with Crippen molar-refractivity contribution in [3.05, 3.63) is 24.3 Å². The van der Waals surface area contributed by atoms with E-state index in [1.807, 2.05) is 17.0 Å². The van der Waals surface area contributed by atoms with Gasteiger partial charge >= 0.3 is 0 Å². The van der Waals surface area contributed by atoms with Gasteiger partial charge in [0.15, 0.2) is 0 Å². The van der Waals surface area contributed by atoms with Crippen molar-refractivity contribution in [2.24, 2.45) is 0 Å². The first-order valence-electron chi connectivity index (χ1n) is 7.42. The molecule has 1 aromatic carbocycles. The number of carbonyl (C=O) groups excluding carboxylic acids is 1. The third-order valence-electron chi connectivity index (χ3n) is 3.89. The Hall–Kier alpha value is -1.16. The third kappa shape index (κ3) is 3.92. The molecule has 0 bridgehead atoms. The van der Waals surface area contributed by atoms with Crippen LogP contribution >= 0.6 is 11.8 Å². The van der Waals surface area contributed by atoms with E-state index in [4.69, 9.17) is 0 Å². The molecule has 0 aliphatic heterocycles. The van der Waals surface area contributed by atoms with E-state index in [1.54, 1.807) is 12.1 Å². The molecule has 2 rings (SSSR count). The monoisotopic (exact) mass is 293 g/mol. The van der Waals surface area contributed by atoms with E-state index in [-0.39, 0.29) is 11.7 Å². The topological polar surface area (TPSA) is 40.5 Å². The first-order chi connectivity index (χ1) is 9.72. The van der Waals surface area contributed by atoms with Gasteiger partial charge in [-0.25, -0.2) is 0 Å². The van der Waals surface area contributed by atoms with Gasteiger partial charge in [0.25, 0.3) is 0 Å². The Balaban J connectivity index is 1.90. The summed E-state index contributed by atoms with van der Waals surface area (Å²) in [6.45, 7) is 2.84. The minimum absolute atomic E-state index is 0.188. The van der Waals surface area contributed by atoms with Crippen LogP contribution in [0, 0.1) is 0 Å². The summed E-state index contributed by atoms with van der Waals surface area (Å²) >= 11 is 1.42. The minimum atomic E-state index is 0.188. The molecule has 1 aliphatic rings. The number of hydrogen-bond acceptors (Lipinski definition) is 3. The highest BCUT2D eigenvalue weighted by Gasteiger charge is 2.24. The fourth-order valence-corrected chi connectivity index (χ4v) is 3.67. The molecule has 0 spiro atoms. The highest BCUT2D eigenvalue weighted by atomic mass is 32.2. The molecule has 0 radical (unpaired) electrons. The molecule has 0 atom stereocenters. The van der Waals surface area contributed by atoms with Crippen molar-refractivity contribution in [3.63, 3.8) is 0 Å². The van der Waals surface area contributed by atoms with Crippen LogP contribution in [0.15, 0.2) is 29.2 Å². The van der Waals surface area contributed by atoms with Gasteiger partial charge in [-0.05, 0) is 31.9 Å². The van der Waals surface area contributed by atoms with Gasteiger partial charge in [0, 0.05) is 17.5 Å². The van der Waals surface area contributed by atoms with Crippen molar-refractivity contribution in [1.82, 2.24) is 4.90 Å². The number of nitrogens with zero attached hydrogens (tertiary/aromatic N) is 1. The molecule has 0 heterocycles. The number of para-hydroxylation sites is 1. The lowest BCUT2D eigenvalue weighted by Gasteiger charge is -2.33. The third-order valence-corrected chi connectivity index (χ3v) is 4.94. The number of thioether (sulfide) groups is 1. The average molecular weight is 293 g/mol. The van der Waals surface area contributed by atoms with Crippen LogP contribution < -0.4 is 0 Å². The highest BCUT2D eigenvalue weighted by Crippen LogP contribution is 2.29. The lowest BCUT2D eigenvalue weighted by Crippen LogP contribution is -2.42. The van der Waals surface area contributed by atoms with Crippen molar-refractivity contribution < 1.29 is 9.90 Å². The van der Waals surface area contributed by atoms with Gasteiger partial charge in [0.2, 0.25) is 5.91 Å². The molecule has 1 saturated carbocycles. The van der Waals surface area contributed by atoms with Crippen LogP contribution in [0.1, 0.15) is 39.0 Å². The van der Waals surface area contributed by atoms with Crippen LogP contribution in [0.25, 0.3) is 0 Å². The summed E-state index contributed by atoms with van der Waals surface area (Å²) < 4.78 is 0. The molecule has 0 aromatic heterocycles. The van der Waals surface area contributed by atoms with E-state index >= 15 is 0 Å². The van der Waals surface area contributed by atoms with E-state index in [0.29, 0.717) is 11.8 Å². The van der Waals surface area contributed by atoms with Crippen LogP contribution in [-0.4, -0.2) is 34.3 Å². The molecule has 20 heavy (non-hydrogen) atoms. The maximum Gasteiger partial charge on any atom is 0.233 e. The van der Waals surface area contributed by atoms with Crippen LogP contribution in [-0.2, 0) is 4.79 Å². The molecular formula is C16H23NO2S. The molecular weight excluding hydrogens is 270 g/mol. The molecule has 1 aromatic rings.